The molecular weight excluding hydrogens is 244 g/mol. The van der Waals surface area contributed by atoms with Crippen LogP contribution in [0.5, 0.6) is 0 Å². The number of rotatable bonds is 3. The molecule has 0 aliphatic carbocycles. The molecule has 1 aliphatic rings. The highest BCUT2D eigenvalue weighted by molar-refractivity contribution is 6.32. The van der Waals surface area contributed by atoms with E-state index in [-0.39, 0.29) is 16.6 Å². The van der Waals surface area contributed by atoms with Gasteiger partial charge >= 0.3 is 0 Å². The van der Waals surface area contributed by atoms with Crippen LogP contribution < -0.4 is 0 Å². The fourth-order valence-electron chi connectivity index (χ4n) is 1.89. The van der Waals surface area contributed by atoms with Gasteiger partial charge in [0.25, 0.3) is 5.69 Å². The summed E-state index contributed by atoms with van der Waals surface area (Å²) in [5.41, 5.74) is 0.618. The molecule has 6 heteroatoms. The predicted molar refractivity (Wildman–Crippen MR) is 62.8 cm³/mol. The molecule has 0 saturated carbocycles. The molecule has 0 bridgehead atoms. The number of nitro groups is 1. The van der Waals surface area contributed by atoms with Crippen LogP contribution in [0.2, 0.25) is 5.02 Å². The second kappa shape index (κ2) is 4.71. The van der Waals surface area contributed by atoms with Crippen LogP contribution in [0.25, 0.3) is 0 Å². The van der Waals surface area contributed by atoms with Crippen molar-refractivity contribution < 1.29 is 9.72 Å². The van der Waals surface area contributed by atoms with Crippen LogP contribution in [0.4, 0.5) is 5.69 Å². The molecule has 90 valence electrons. The maximum absolute atomic E-state index is 11.4. The number of benzene rings is 1. The second-order valence-corrected chi connectivity index (χ2v) is 4.37. The van der Waals surface area contributed by atoms with Crippen molar-refractivity contribution >= 4 is 23.2 Å². The minimum atomic E-state index is -0.516. The summed E-state index contributed by atoms with van der Waals surface area (Å²) in [5.74, 6) is 0.0996. The van der Waals surface area contributed by atoms with Crippen molar-refractivity contribution in [3.8, 4) is 0 Å². The topological polar surface area (TPSA) is 63.5 Å². The third kappa shape index (κ3) is 2.55. The summed E-state index contributed by atoms with van der Waals surface area (Å²) in [6.07, 6.45) is 1.42. The third-order valence-corrected chi connectivity index (χ3v) is 3.07. The summed E-state index contributed by atoms with van der Waals surface area (Å²) in [6.45, 7) is 1.13. The van der Waals surface area contributed by atoms with Gasteiger partial charge in [-0.25, -0.2) is 0 Å². The molecule has 1 heterocycles. The van der Waals surface area contributed by atoms with Crippen LogP contribution in [0, 0.1) is 10.1 Å². The zero-order chi connectivity index (χ0) is 12.4. The SMILES string of the molecule is O=C1CCCN1Cc1ccc(Cl)c([N+](=O)[O-])c1. The van der Waals surface area contributed by atoms with Crippen LogP contribution in [0.3, 0.4) is 0 Å². The van der Waals surface area contributed by atoms with Gasteiger partial charge in [0, 0.05) is 25.6 Å². The van der Waals surface area contributed by atoms with E-state index in [0.717, 1.165) is 18.5 Å². The molecule has 0 N–H and O–H groups in total. The van der Waals surface area contributed by atoms with Crippen molar-refractivity contribution in [2.75, 3.05) is 6.54 Å². The zero-order valence-corrected chi connectivity index (χ0v) is 9.81. The first-order valence-electron chi connectivity index (χ1n) is 5.28. The van der Waals surface area contributed by atoms with Crippen LogP contribution in [0.1, 0.15) is 18.4 Å². The number of halogens is 1. The zero-order valence-electron chi connectivity index (χ0n) is 9.06. The normalized spacial score (nSPS) is 15.4. The fourth-order valence-corrected chi connectivity index (χ4v) is 2.07. The molecule has 0 aromatic heterocycles. The smallest absolute Gasteiger partial charge is 0.288 e. The highest BCUT2D eigenvalue weighted by Crippen LogP contribution is 2.26. The number of nitro benzene ring substituents is 1. The van der Waals surface area contributed by atoms with Gasteiger partial charge in [-0.2, -0.15) is 0 Å². The molecule has 1 aromatic carbocycles. The van der Waals surface area contributed by atoms with Crippen LogP contribution in [-0.4, -0.2) is 22.3 Å². The Bertz CT molecular complexity index is 476. The molecule has 2 rings (SSSR count). The predicted octanol–water partition coefficient (Wildman–Crippen LogP) is 2.37. The number of carbonyl (C=O) groups excluding carboxylic acids is 1. The van der Waals surface area contributed by atoms with E-state index in [2.05, 4.69) is 0 Å². The average molecular weight is 255 g/mol. The summed E-state index contributed by atoms with van der Waals surface area (Å²) in [5, 5.41) is 10.8. The Morgan fingerprint density at radius 1 is 1.47 bits per heavy atom. The molecule has 17 heavy (non-hydrogen) atoms. The molecule has 0 spiro atoms. The van der Waals surface area contributed by atoms with Crippen LogP contribution in [0.15, 0.2) is 18.2 Å². The summed E-state index contributed by atoms with van der Waals surface area (Å²) in [4.78, 5) is 23.3. The number of amides is 1. The van der Waals surface area contributed by atoms with Gasteiger partial charge in [-0.1, -0.05) is 17.7 Å². The highest BCUT2D eigenvalue weighted by Gasteiger charge is 2.21. The molecule has 5 nitrogen and oxygen atoms in total. The highest BCUT2D eigenvalue weighted by atomic mass is 35.5. The Morgan fingerprint density at radius 3 is 2.82 bits per heavy atom. The average Bonchev–Trinajstić information content (AvgIpc) is 2.67. The number of nitrogens with zero attached hydrogens (tertiary/aromatic N) is 2. The number of hydrogen-bond donors (Lipinski definition) is 0. The van der Waals surface area contributed by atoms with Crippen molar-refractivity contribution in [3.63, 3.8) is 0 Å². The van der Waals surface area contributed by atoms with Gasteiger partial charge in [-0.05, 0) is 18.1 Å². The quantitative estimate of drug-likeness (QED) is 0.614. The largest absolute Gasteiger partial charge is 0.338 e. The van der Waals surface area contributed by atoms with E-state index in [4.69, 9.17) is 11.6 Å². The Hall–Kier alpha value is -1.62. The lowest BCUT2D eigenvalue weighted by molar-refractivity contribution is -0.384. The molecular formula is C11H11ClN2O3. The molecule has 1 saturated heterocycles. The Morgan fingerprint density at radius 2 is 2.24 bits per heavy atom. The summed E-state index contributed by atoms with van der Waals surface area (Å²) in [7, 11) is 0. The van der Waals surface area contributed by atoms with E-state index >= 15 is 0 Å². The first kappa shape index (κ1) is 11.9. The van der Waals surface area contributed by atoms with E-state index in [0.29, 0.717) is 13.0 Å². The molecule has 1 aromatic rings. The lowest BCUT2D eigenvalue weighted by Gasteiger charge is -2.15. The standard InChI is InChI=1S/C11H11ClN2O3/c12-9-4-3-8(6-10(9)14(16)17)7-13-5-1-2-11(13)15/h3-4,6H,1-2,5,7H2. The molecule has 0 unspecified atom stereocenters. The summed E-state index contributed by atoms with van der Waals surface area (Å²) < 4.78 is 0. The Labute approximate surface area is 103 Å². The lowest BCUT2D eigenvalue weighted by atomic mass is 10.2. The van der Waals surface area contributed by atoms with Crippen LogP contribution >= 0.6 is 11.6 Å². The second-order valence-electron chi connectivity index (χ2n) is 3.96. The molecule has 1 amide bonds. The summed E-state index contributed by atoms with van der Waals surface area (Å²) in [6, 6.07) is 4.63. The van der Waals surface area contributed by atoms with E-state index < -0.39 is 4.92 Å². The summed E-state index contributed by atoms with van der Waals surface area (Å²) >= 11 is 5.71. The van der Waals surface area contributed by atoms with Gasteiger partial charge in [0.1, 0.15) is 5.02 Å². The maximum atomic E-state index is 11.4. The minimum Gasteiger partial charge on any atom is -0.338 e. The maximum Gasteiger partial charge on any atom is 0.288 e. The first-order valence-corrected chi connectivity index (χ1v) is 5.66. The van der Waals surface area contributed by atoms with Crippen molar-refractivity contribution in [1.82, 2.24) is 4.90 Å². The third-order valence-electron chi connectivity index (χ3n) is 2.75. The van der Waals surface area contributed by atoms with Crippen LogP contribution in [-0.2, 0) is 11.3 Å². The van der Waals surface area contributed by atoms with E-state index in [1.807, 2.05) is 0 Å². The van der Waals surface area contributed by atoms with Gasteiger partial charge in [-0.3, -0.25) is 14.9 Å². The van der Waals surface area contributed by atoms with Crippen molar-refractivity contribution in [2.45, 2.75) is 19.4 Å². The van der Waals surface area contributed by atoms with Gasteiger partial charge in [0.15, 0.2) is 0 Å². The lowest BCUT2D eigenvalue weighted by Crippen LogP contribution is -2.23. The van der Waals surface area contributed by atoms with E-state index in [1.54, 1.807) is 11.0 Å². The molecule has 0 radical (unpaired) electrons. The Kier molecular flexibility index (Phi) is 3.28. The molecule has 1 fully saturated rings. The first-order chi connectivity index (χ1) is 8.08. The van der Waals surface area contributed by atoms with Gasteiger partial charge in [0.2, 0.25) is 5.91 Å². The number of carbonyl (C=O) groups is 1. The van der Waals surface area contributed by atoms with Crippen molar-refractivity contribution in [2.24, 2.45) is 0 Å². The fraction of sp³-hybridized carbons (Fsp3) is 0.364. The number of hydrogen-bond acceptors (Lipinski definition) is 3. The van der Waals surface area contributed by atoms with Crippen molar-refractivity contribution in [3.05, 3.63) is 38.9 Å². The van der Waals surface area contributed by atoms with Gasteiger partial charge < -0.3 is 4.90 Å². The van der Waals surface area contributed by atoms with Crippen molar-refractivity contribution in [1.29, 1.82) is 0 Å². The molecule has 0 atom stereocenters. The number of likely N-dealkylation sites (tertiary alicyclic amines) is 1. The van der Waals surface area contributed by atoms with Gasteiger partial charge in [-0.15, -0.1) is 0 Å². The minimum absolute atomic E-state index is 0.0996. The monoisotopic (exact) mass is 254 g/mol. The van der Waals surface area contributed by atoms with Gasteiger partial charge in [0.05, 0.1) is 4.92 Å². The molecule has 1 aliphatic heterocycles. The van der Waals surface area contributed by atoms with E-state index in [1.165, 1.54) is 12.1 Å². The Balaban J connectivity index is 2.19. The van der Waals surface area contributed by atoms with E-state index in [9.17, 15) is 14.9 Å².